The Hall–Kier alpha value is -3.51. The quantitative estimate of drug-likeness (QED) is 0.101. The van der Waals surface area contributed by atoms with Crippen LogP contribution in [0, 0.1) is 0 Å². The number of aliphatic hydroxyl groups excluding tert-OH is 10. The Kier molecular flexibility index (Phi) is 11.4. The van der Waals surface area contributed by atoms with Crippen LogP contribution in [0.5, 0.6) is 17.2 Å². The predicted octanol–water partition coefficient (Wildman–Crippen LogP) is -3.63. The molecule has 3 aliphatic heterocycles. The van der Waals surface area contributed by atoms with Gasteiger partial charge >= 0.3 is 0 Å². The van der Waals surface area contributed by atoms with E-state index in [1.54, 1.807) is 0 Å². The summed E-state index contributed by atoms with van der Waals surface area (Å²) < 4.78 is 39.2. The number of aromatic hydroxyl groups is 1. The van der Waals surface area contributed by atoms with E-state index in [0.717, 1.165) is 12.3 Å². The fourth-order valence-corrected chi connectivity index (χ4v) is 6.20. The lowest BCUT2D eigenvalue weighted by Gasteiger charge is -2.45. The molecule has 52 heavy (non-hydrogen) atoms. The zero-order chi connectivity index (χ0) is 37.6. The summed E-state index contributed by atoms with van der Waals surface area (Å²) >= 11 is 0. The maximum absolute atomic E-state index is 13.5. The third kappa shape index (κ3) is 7.21. The summed E-state index contributed by atoms with van der Waals surface area (Å²) in [5, 5.41) is 112. The summed E-state index contributed by atoms with van der Waals surface area (Å²) in [5.74, 6) is -0.594. The number of aliphatic hydroxyl groups is 10. The number of ether oxygens (including phenoxy) is 6. The van der Waals surface area contributed by atoms with E-state index in [1.807, 2.05) is 0 Å². The number of benzene rings is 2. The van der Waals surface area contributed by atoms with Crippen LogP contribution in [-0.4, -0.2) is 162 Å². The first kappa shape index (κ1) is 38.2. The normalized spacial score (nSPS) is 38.2. The minimum atomic E-state index is -1.75. The number of phenolic OH excluding ortho intramolecular Hbond substituents is 1. The van der Waals surface area contributed by atoms with Crippen LogP contribution < -0.4 is 14.9 Å². The monoisotopic (exact) mass is 740 g/mol. The predicted molar refractivity (Wildman–Crippen MR) is 170 cm³/mol. The SMILES string of the molecule is C[C@@H]1O[C@@H](O[C@@H]2[C@@H](Oc3ccc(-c4coc5cc(O[C@H]6O[C@@H](CO)[C@H](O)[C@@H](O)[C@@H]6O)cc(O)c5c4=O)cc3)O[C@@H](CO)[C@H](O)[C@H]2O)[C@@H](O)[C@@H](O)[C@@H]1O. The van der Waals surface area contributed by atoms with Crippen LogP contribution in [0.25, 0.3) is 22.1 Å². The Bertz CT molecular complexity index is 1730. The zero-order valence-corrected chi connectivity index (χ0v) is 27.3. The smallest absolute Gasteiger partial charge is 0.229 e. The summed E-state index contributed by atoms with van der Waals surface area (Å²) in [6.45, 7) is 0.0329. The first-order valence-electron chi connectivity index (χ1n) is 16.2. The summed E-state index contributed by atoms with van der Waals surface area (Å²) in [4.78, 5) is 13.5. The third-order valence-electron chi connectivity index (χ3n) is 9.27. The summed E-state index contributed by atoms with van der Waals surface area (Å²) in [7, 11) is 0. The molecule has 19 nitrogen and oxygen atoms in total. The average molecular weight is 741 g/mol. The molecule has 2 aromatic carbocycles. The molecule has 3 fully saturated rings. The van der Waals surface area contributed by atoms with Gasteiger partial charge in [0.25, 0.3) is 0 Å². The molecule has 3 aromatic rings. The van der Waals surface area contributed by atoms with Gasteiger partial charge in [-0.05, 0) is 24.6 Å². The number of hydrogen-bond acceptors (Lipinski definition) is 19. The lowest BCUT2D eigenvalue weighted by atomic mass is 9.97. The van der Waals surface area contributed by atoms with Crippen molar-refractivity contribution in [2.45, 2.75) is 99.0 Å². The molecule has 3 saturated heterocycles. The second kappa shape index (κ2) is 15.5. The Labute approximate surface area is 293 Å². The van der Waals surface area contributed by atoms with Crippen LogP contribution >= 0.6 is 0 Å². The lowest BCUT2D eigenvalue weighted by Crippen LogP contribution is -2.64. The maximum Gasteiger partial charge on any atom is 0.229 e. The summed E-state index contributed by atoms with van der Waals surface area (Å²) in [6.07, 6.45) is -21.8. The van der Waals surface area contributed by atoms with Crippen molar-refractivity contribution in [3.05, 3.63) is 52.9 Å². The molecular formula is C33H40O19. The van der Waals surface area contributed by atoms with Crippen molar-refractivity contribution in [1.29, 1.82) is 0 Å². The molecule has 0 bridgehead atoms. The highest BCUT2D eigenvalue weighted by molar-refractivity contribution is 5.88. The van der Waals surface area contributed by atoms with Crippen molar-refractivity contribution in [2.24, 2.45) is 0 Å². The van der Waals surface area contributed by atoms with E-state index >= 15 is 0 Å². The molecule has 11 N–H and O–H groups in total. The number of fused-ring (bicyclic) bond motifs is 1. The molecule has 0 amide bonds. The van der Waals surface area contributed by atoms with Gasteiger partial charge in [0.05, 0.1) is 24.9 Å². The molecule has 0 saturated carbocycles. The molecule has 15 atom stereocenters. The maximum atomic E-state index is 13.5. The van der Waals surface area contributed by atoms with E-state index in [-0.39, 0.29) is 28.0 Å². The fraction of sp³-hybridized carbons (Fsp3) is 0.545. The summed E-state index contributed by atoms with van der Waals surface area (Å²) in [6, 6.07) is 8.03. The average Bonchev–Trinajstić information content (AvgIpc) is 3.13. The first-order valence-corrected chi connectivity index (χ1v) is 16.2. The molecule has 4 heterocycles. The fourth-order valence-electron chi connectivity index (χ4n) is 6.20. The van der Waals surface area contributed by atoms with Crippen LogP contribution in [0.2, 0.25) is 0 Å². The van der Waals surface area contributed by atoms with Crippen molar-refractivity contribution >= 4 is 11.0 Å². The Morgan fingerprint density at radius 2 is 1.23 bits per heavy atom. The third-order valence-corrected chi connectivity index (χ3v) is 9.27. The number of hydrogen-bond donors (Lipinski definition) is 11. The molecule has 0 aliphatic carbocycles. The van der Waals surface area contributed by atoms with E-state index < -0.39 is 117 Å². The molecule has 6 rings (SSSR count). The van der Waals surface area contributed by atoms with Crippen molar-refractivity contribution < 1.29 is 89.0 Å². The second-order valence-corrected chi connectivity index (χ2v) is 12.7. The van der Waals surface area contributed by atoms with Gasteiger partial charge in [0.15, 0.2) is 12.4 Å². The number of rotatable bonds is 9. The van der Waals surface area contributed by atoms with Gasteiger partial charge in [-0.25, -0.2) is 0 Å². The minimum absolute atomic E-state index is 0.0178. The Morgan fingerprint density at radius 1 is 0.654 bits per heavy atom. The van der Waals surface area contributed by atoms with Gasteiger partial charge in [0, 0.05) is 12.1 Å². The van der Waals surface area contributed by atoms with Gasteiger partial charge in [-0.1, -0.05) is 12.1 Å². The molecular weight excluding hydrogens is 700 g/mol. The topological polar surface area (TPSA) is 308 Å². The van der Waals surface area contributed by atoms with Crippen molar-refractivity contribution in [2.75, 3.05) is 13.2 Å². The number of phenols is 1. The summed E-state index contributed by atoms with van der Waals surface area (Å²) in [5.41, 5.74) is -0.433. The molecule has 286 valence electrons. The van der Waals surface area contributed by atoms with Crippen molar-refractivity contribution in [1.82, 2.24) is 0 Å². The first-order chi connectivity index (χ1) is 24.7. The highest BCUT2D eigenvalue weighted by Crippen LogP contribution is 2.34. The van der Waals surface area contributed by atoms with E-state index in [9.17, 15) is 61.0 Å². The van der Waals surface area contributed by atoms with Crippen molar-refractivity contribution in [3.8, 4) is 28.4 Å². The Morgan fingerprint density at radius 3 is 1.88 bits per heavy atom. The van der Waals surface area contributed by atoms with Crippen molar-refractivity contribution in [3.63, 3.8) is 0 Å². The molecule has 0 spiro atoms. The molecule has 1 aromatic heterocycles. The van der Waals surface area contributed by atoms with E-state index in [1.165, 1.54) is 37.3 Å². The van der Waals surface area contributed by atoms with Crippen LogP contribution in [0.1, 0.15) is 6.92 Å². The highest BCUT2D eigenvalue weighted by Gasteiger charge is 2.51. The van der Waals surface area contributed by atoms with Gasteiger partial charge in [0.1, 0.15) is 95.5 Å². The van der Waals surface area contributed by atoms with Gasteiger partial charge in [-0.3, -0.25) is 4.79 Å². The molecule has 19 heteroatoms. The van der Waals surface area contributed by atoms with Gasteiger partial charge < -0.3 is 89.0 Å². The zero-order valence-electron chi connectivity index (χ0n) is 27.3. The van der Waals surface area contributed by atoms with Crippen LogP contribution in [0.15, 0.2) is 51.9 Å². The lowest BCUT2D eigenvalue weighted by molar-refractivity contribution is -0.354. The van der Waals surface area contributed by atoms with Gasteiger partial charge in [-0.2, -0.15) is 0 Å². The van der Waals surface area contributed by atoms with E-state index in [0.29, 0.717) is 5.56 Å². The molecule has 3 aliphatic rings. The minimum Gasteiger partial charge on any atom is -0.507 e. The van der Waals surface area contributed by atoms with Gasteiger partial charge in [0.2, 0.25) is 18.0 Å². The second-order valence-electron chi connectivity index (χ2n) is 12.7. The van der Waals surface area contributed by atoms with Gasteiger partial charge in [-0.15, -0.1) is 0 Å². The molecule has 0 radical (unpaired) electrons. The van der Waals surface area contributed by atoms with E-state index in [2.05, 4.69) is 0 Å². The highest BCUT2D eigenvalue weighted by atomic mass is 16.8. The van der Waals surface area contributed by atoms with Crippen LogP contribution in [0.3, 0.4) is 0 Å². The van der Waals surface area contributed by atoms with E-state index in [4.69, 9.17) is 32.8 Å². The molecule has 0 unspecified atom stereocenters. The standard InChI is InChI=1S/C33H40O19/c1-11-21(37)25(41)28(44)31(47-11)52-30-27(43)24(40)19(9-35)51-33(30)48-13-4-2-12(3-5-13)15-10-46-17-7-14(6-16(36)20(17)22(15)38)49-32-29(45)26(42)23(39)18(8-34)50-32/h2-7,10-11,18-19,21,23-37,39-45H,8-9H2,1H3/t11-,18-,19-,21+,23-,24-,25-,26+,27+,28-,29-,30-,31-,32-,33-/m0/s1. The Balaban J connectivity index is 1.20. The van der Waals surface area contributed by atoms with Crippen LogP contribution in [0.4, 0.5) is 0 Å². The largest absolute Gasteiger partial charge is 0.507 e. The van der Waals surface area contributed by atoms with Crippen LogP contribution in [-0.2, 0) is 18.9 Å².